The molecule has 0 bridgehead atoms. The number of piperidine rings is 1. The van der Waals surface area contributed by atoms with Crippen LogP contribution in [0.15, 0.2) is 6.07 Å². The monoisotopic (exact) mass is 466 g/mol. The van der Waals surface area contributed by atoms with Crippen LogP contribution in [-0.4, -0.2) is 64.0 Å². The van der Waals surface area contributed by atoms with E-state index in [1.807, 2.05) is 0 Å². The molecule has 1 aromatic heterocycles. The lowest BCUT2D eigenvalue weighted by atomic mass is 9.78. The molecule has 0 aliphatic carbocycles. The molecule has 3 rings (SSSR count). The molecule has 8 nitrogen and oxygen atoms in total. The second kappa shape index (κ2) is 9.47. The van der Waals surface area contributed by atoms with Gasteiger partial charge in [-0.2, -0.15) is 5.10 Å². The van der Waals surface area contributed by atoms with Crippen molar-refractivity contribution in [3.63, 3.8) is 0 Å². The molecule has 0 aromatic carbocycles. The largest absolute Gasteiger partial charge is 0.459 e. The average molecular weight is 466 g/mol. The Labute approximate surface area is 180 Å². The molecular weight excluding hydrogens is 444 g/mol. The van der Waals surface area contributed by atoms with E-state index in [2.05, 4.69) is 5.10 Å². The minimum absolute atomic E-state index is 0.0443. The van der Waals surface area contributed by atoms with Gasteiger partial charge in [0.2, 0.25) is 5.91 Å². The SMILES string of the molecule is NC(=S)C1(C(=O)O[C@H]2CCOC2)CCN(C(=O)Cn2nc(C(F)F)cc2C(F)F)CC1. The molecule has 13 heteroatoms. The van der Waals surface area contributed by atoms with Gasteiger partial charge in [0, 0.05) is 19.5 Å². The molecule has 172 valence electrons. The number of hydrogen-bond donors (Lipinski definition) is 1. The zero-order chi connectivity index (χ0) is 22.8. The maximum atomic E-state index is 13.1. The van der Waals surface area contributed by atoms with Crippen molar-refractivity contribution < 1.29 is 36.6 Å². The number of rotatable bonds is 7. The fourth-order valence-corrected chi connectivity index (χ4v) is 3.94. The zero-order valence-electron chi connectivity index (χ0n) is 16.4. The van der Waals surface area contributed by atoms with Gasteiger partial charge in [-0.05, 0) is 18.9 Å². The van der Waals surface area contributed by atoms with Crippen molar-refractivity contribution in [2.24, 2.45) is 11.1 Å². The van der Waals surface area contributed by atoms with E-state index in [0.29, 0.717) is 30.4 Å². The van der Waals surface area contributed by atoms with Crippen LogP contribution in [0.4, 0.5) is 17.6 Å². The molecule has 2 fully saturated rings. The third-order valence-electron chi connectivity index (χ3n) is 5.56. The number of alkyl halides is 4. The van der Waals surface area contributed by atoms with Gasteiger partial charge in [-0.25, -0.2) is 17.6 Å². The van der Waals surface area contributed by atoms with E-state index in [1.165, 1.54) is 4.90 Å². The molecule has 31 heavy (non-hydrogen) atoms. The molecule has 1 atom stereocenters. The van der Waals surface area contributed by atoms with Gasteiger partial charge < -0.3 is 20.1 Å². The number of carbonyl (C=O) groups excluding carboxylic acids is 2. The van der Waals surface area contributed by atoms with Gasteiger partial charge in [-0.3, -0.25) is 14.3 Å². The minimum Gasteiger partial charge on any atom is -0.459 e. The molecule has 2 saturated heterocycles. The number of hydrogen-bond acceptors (Lipinski definition) is 6. The van der Waals surface area contributed by atoms with Gasteiger partial charge >= 0.3 is 5.97 Å². The fraction of sp³-hybridized carbons (Fsp3) is 0.667. The quantitative estimate of drug-likeness (QED) is 0.373. The minimum atomic E-state index is -3.06. The van der Waals surface area contributed by atoms with Gasteiger partial charge in [0.25, 0.3) is 12.9 Å². The van der Waals surface area contributed by atoms with E-state index in [-0.39, 0.29) is 37.0 Å². The number of ether oxygens (including phenoxy) is 2. The number of likely N-dealkylation sites (tertiary alicyclic amines) is 1. The predicted molar refractivity (Wildman–Crippen MR) is 102 cm³/mol. The summed E-state index contributed by atoms with van der Waals surface area (Å²) in [6.45, 7) is 0.289. The lowest BCUT2D eigenvalue weighted by molar-refractivity contribution is -0.160. The van der Waals surface area contributed by atoms with E-state index >= 15 is 0 Å². The van der Waals surface area contributed by atoms with E-state index in [0.717, 1.165) is 0 Å². The number of aromatic nitrogens is 2. The Morgan fingerprint density at radius 3 is 2.48 bits per heavy atom. The van der Waals surface area contributed by atoms with E-state index in [4.69, 9.17) is 27.4 Å². The molecule has 2 aliphatic heterocycles. The smallest absolute Gasteiger partial charge is 0.319 e. The standard InChI is InChI=1S/C18H22F4N4O4S/c19-14(20)11-7-12(15(21)22)26(24-11)8-13(27)25-4-2-18(3-5-25,16(23)31)17(28)30-10-1-6-29-9-10/h7,10,14-15H,1-6,8-9H2,(H2,23,31)/t10-/m0/s1. The first-order valence-corrected chi connectivity index (χ1v) is 10.1. The fourth-order valence-electron chi connectivity index (χ4n) is 3.65. The highest BCUT2D eigenvalue weighted by Gasteiger charge is 2.47. The maximum absolute atomic E-state index is 13.1. The van der Waals surface area contributed by atoms with Crippen LogP contribution in [0.3, 0.4) is 0 Å². The van der Waals surface area contributed by atoms with Crippen molar-refractivity contribution in [1.82, 2.24) is 14.7 Å². The number of nitrogens with two attached hydrogens (primary N) is 1. The highest BCUT2D eigenvalue weighted by molar-refractivity contribution is 7.80. The van der Waals surface area contributed by atoms with Gasteiger partial charge in [0.05, 0.1) is 18.2 Å². The third-order valence-corrected chi connectivity index (χ3v) is 5.95. The van der Waals surface area contributed by atoms with Crippen LogP contribution in [0.1, 0.15) is 43.5 Å². The van der Waals surface area contributed by atoms with Crippen LogP contribution in [0.5, 0.6) is 0 Å². The number of thiocarbonyl (C=S) groups is 1. The summed E-state index contributed by atoms with van der Waals surface area (Å²) in [6, 6.07) is 0.583. The zero-order valence-corrected chi connectivity index (χ0v) is 17.3. The summed E-state index contributed by atoms with van der Waals surface area (Å²) >= 11 is 5.10. The third kappa shape index (κ3) is 4.97. The summed E-state index contributed by atoms with van der Waals surface area (Å²) in [6.07, 6.45) is -5.71. The second-order valence-electron chi connectivity index (χ2n) is 7.47. The van der Waals surface area contributed by atoms with E-state index < -0.39 is 48.1 Å². The maximum Gasteiger partial charge on any atom is 0.319 e. The molecule has 1 amide bonds. The summed E-state index contributed by atoms with van der Waals surface area (Å²) in [5.41, 5.74) is 3.01. The average Bonchev–Trinajstić information content (AvgIpc) is 3.37. The van der Waals surface area contributed by atoms with Gasteiger partial charge in [0.15, 0.2) is 0 Å². The Kier molecular flexibility index (Phi) is 7.14. The summed E-state index contributed by atoms with van der Waals surface area (Å²) < 4.78 is 63.1. The highest BCUT2D eigenvalue weighted by atomic mass is 32.1. The first-order valence-electron chi connectivity index (χ1n) is 9.64. The molecule has 2 aliphatic rings. The van der Waals surface area contributed by atoms with Crippen molar-refractivity contribution in [3.8, 4) is 0 Å². The number of nitrogens with zero attached hydrogens (tertiary/aromatic N) is 3. The van der Waals surface area contributed by atoms with Crippen LogP contribution >= 0.6 is 12.2 Å². The van der Waals surface area contributed by atoms with Crippen LogP contribution in [0, 0.1) is 5.41 Å². The number of amides is 1. The molecule has 0 radical (unpaired) electrons. The Morgan fingerprint density at radius 2 is 1.97 bits per heavy atom. The molecular formula is C18H22F4N4O4S. The highest BCUT2D eigenvalue weighted by Crippen LogP contribution is 2.35. The number of carbonyl (C=O) groups is 2. The molecule has 0 unspecified atom stereocenters. The molecule has 0 saturated carbocycles. The van der Waals surface area contributed by atoms with Crippen molar-refractivity contribution in [3.05, 3.63) is 17.5 Å². The normalized spacial score (nSPS) is 21.0. The number of esters is 1. The Hall–Kier alpha value is -2.28. The van der Waals surface area contributed by atoms with Crippen molar-refractivity contribution in [1.29, 1.82) is 0 Å². The number of halogens is 4. The van der Waals surface area contributed by atoms with E-state index in [1.54, 1.807) is 0 Å². The van der Waals surface area contributed by atoms with Gasteiger partial charge in [0.1, 0.15) is 29.5 Å². The first-order chi connectivity index (χ1) is 14.6. The molecule has 0 spiro atoms. The lowest BCUT2D eigenvalue weighted by Gasteiger charge is -2.39. The van der Waals surface area contributed by atoms with Gasteiger partial charge in [-0.1, -0.05) is 12.2 Å². The Balaban J connectivity index is 1.65. The topological polar surface area (TPSA) is 99.7 Å². The van der Waals surface area contributed by atoms with Crippen molar-refractivity contribution in [2.45, 2.75) is 44.8 Å². The Bertz CT molecular complexity index is 837. The van der Waals surface area contributed by atoms with Crippen molar-refractivity contribution >= 4 is 29.1 Å². The molecule has 3 heterocycles. The van der Waals surface area contributed by atoms with Crippen LogP contribution < -0.4 is 5.73 Å². The van der Waals surface area contributed by atoms with Crippen LogP contribution in [-0.2, 0) is 25.6 Å². The summed E-state index contributed by atoms with van der Waals surface area (Å²) in [7, 11) is 0. The van der Waals surface area contributed by atoms with Crippen LogP contribution in [0.25, 0.3) is 0 Å². The first kappa shape index (κ1) is 23.4. The van der Waals surface area contributed by atoms with E-state index in [9.17, 15) is 27.2 Å². The predicted octanol–water partition coefficient (Wildman–Crippen LogP) is 1.99. The summed E-state index contributed by atoms with van der Waals surface area (Å²) in [5, 5.41) is 3.42. The second-order valence-corrected chi connectivity index (χ2v) is 7.91. The summed E-state index contributed by atoms with van der Waals surface area (Å²) in [5.74, 6) is -1.17. The van der Waals surface area contributed by atoms with Crippen LogP contribution in [0.2, 0.25) is 0 Å². The molecule has 2 N–H and O–H groups in total. The van der Waals surface area contributed by atoms with Crippen molar-refractivity contribution in [2.75, 3.05) is 26.3 Å². The summed E-state index contributed by atoms with van der Waals surface area (Å²) in [4.78, 5) is 26.6. The lowest BCUT2D eigenvalue weighted by Crippen LogP contribution is -2.53. The van der Waals surface area contributed by atoms with Gasteiger partial charge in [-0.15, -0.1) is 0 Å². The molecule has 1 aromatic rings. The Morgan fingerprint density at radius 1 is 1.29 bits per heavy atom.